The van der Waals surface area contributed by atoms with Crippen molar-refractivity contribution in [2.45, 2.75) is 18.6 Å². The number of carbonyl (C=O) groups is 1. The molecule has 0 amide bonds. The number of thioether (sulfide) groups is 1. The van der Waals surface area contributed by atoms with Crippen molar-refractivity contribution in [1.29, 1.82) is 0 Å². The van der Waals surface area contributed by atoms with Gasteiger partial charge in [0.1, 0.15) is 6.61 Å². The first kappa shape index (κ1) is 11.6. The SMILES string of the molecule is C=CCOC(=O)[C@H]1O[C@H](OCC)CS1. The van der Waals surface area contributed by atoms with Crippen LogP contribution in [0.5, 0.6) is 0 Å². The summed E-state index contributed by atoms with van der Waals surface area (Å²) in [6.45, 7) is 6.14. The van der Waals surface area contributed by atoms with Gasteiger partial charge in [0.2, 0.25) is 5.44 Å². The summed E-state index contributed by atoms with van der Waals surface area (Å²) in [5.41, 5.74) is -0.550. The van der Waals surface area contributed by atoms with Crippen LogP contribution in [0, 0.1) is 0 Å². The van der Waals surface area contributed by atoms with Gasteiger partial charge in [0.05, 0.1) is 0 Å². The van der Waals surface area contributed by atoms with Gasteiger partial charge in [0.25, 0.3) is 0 Å². The molecule has 1 aliphatic rings. The third kappa shape index (κ3) is 3.32. The molecule has 1 heterocycles. The number of ether oxygens (including phenoxy) is 3. The Balaban J connectivity index is 2.26. The lowest BCUT2D eigenvalue weighted by molar-refractivity contribution is -0.166. The Morgan fingerprint density at radius 3 is 3.21 bits per heavy atom. The number of hydrogen-bond acceptors (Lipinski definition) is 5. The summed E-state index contributed by atoms with van der Waals surface area (Å²) in [7, 11) is 0. The molecule has 0 saturated carbocycles. The van der Waals surface area contributed by atoms with E-state index < -0.39 is 5.44 Å². The van der Waals surface area contributed by atoms with E-state index in [1.165, 1.54) is 17.8 Å². The van der Waals surface area contributed by atoms with Crippen LogP contribution in [-0.4, -0.2) is 36.7 Å². The predicted octanol–water partition coefficient (Wildman–Crippen LogP) is 1.17. The van der Waals surface area contributed by atoms with E-state index >= 15 is 0 Å². The molecule has 2 atom stereocenters. The largest absolute Gasteiger partial charge is 0.459 e. The molecular weight excluding hydrogens is 204 g/mol. The fourth-order valence-corrected chi connectivity index (χ4v) is 1.90. The van der Waals surface area contributed by atoms with Crippen LogP contribution in [0.25, 0.3) is 0 Å². The van der Waals surface area contributed by atoms with E-state index in [1.54, 1.807) is 0 Å². The predicted molar refractivity (Wildman–Crippen MR) is 53.9 cm³/mol. The van der Waals surface area contributed by atoms with Gasteiger partial charge in [0, 0.05) is 12.4 Å². The highest BCUT2D eigenvalue weighted by molar-refractivity contribution is 8.00. The fourth-order valence-electron chi connectivity index (χ4n) is 0.988. The van der Waals surface area contributed by atoms with Gasteiger partial charge in [-0.05, 0) is 6.92 Å². The first-order valence-electron chi connectivity index (χ1n) is 4.44. The van der Waals surface area contributed by atoms with Crippen molar-refractivity contribution in [2.24, 2.45) is 0 Å². The van der Waals surface area contributed by atoms with E-state index in [9.17, 15) is 4.79 Å². The molecule has 0 aliphatic carbocycles. The Morgan fingerprint density at radius 2 is 2.57 bits per heavy atom. The molecule has 0 radical (unpaired) electrons. The molecule has 1 fully saturated rings. The third-order valence-electron chi connectivity index (χ3n) is 1.55. The minimum Gasteiger partial charge on any atom is -0.459 e. The van der Waals surface area contributed by atoms with Crippen LogP contribution >= 0.6 is 11.8 Å². The van der Waals surface area contributed by atoms with Crippen LogP contribution in [0.2, 0.25) is 0 Å². The van der Waals surface area contributed by atoms with Crippen LogP contribution < -0.4 is 0 Å². The number of hydrogen-bond donors (Lipinski definition) is 0. The number of rotatable bonds is 5. The Hall–Kier alpha value is -0.520. The molecule has 0 aromatic carbocycles. The van der Waals surface area contributed by atoms with E-state index in [0.29, 0.717) is 12.4 Å². The van der Waals surface area contributed by atoms with Crippen molar-refractivity contribution < 1.29 is 19.0 Å². The normalized spacial score (nSPS) is 26.1. The van der Waals surface area contributed by atoms with E-state index in [4.69, 9.17) is 14.2 Å². The lowest BCUT2D eigenvalue weighted by Crippen LogP contribution is -2.23. The smallest absolute Gasteiger partial charge is 0.346 e. The van der Waals surface area contributed by atoms with Crippen molar-refractivity contribution in [1.82, 2.24) is 0 Å². The molecule has 1 aliphatic heterocycles. The van der Waals surface area contributed by atoms with Crippen LogP contribution in [-0.2, 0) is 19.0 Å². The summed E-state index contributed by atoms with van der Waals surface area (Å²) in [5.74, 6) is 0.305. The molecule has 80 valence electrons. The molecule has 14 heavy (non-hydrogen) atoms. The van der Waals surface area contributed by atoms with E-state index in [2.05, 4.69) is 6.58 Å². The van der Waals surface area contributed by atoms with E-state index in [1.807, 2.05) is 6.92 Å². The Labute approximate surface area is 87.6 Å². The number of carbonyl (C=O) groups excluding carboxylic acids is 1. The molecule has 0 N–H and O–H groups in total. The topological polar surface area (TPSA) is 44.8 Å². The van der Waals surface area contributed by atoms with Crippen LogP contribution in [0.4, 0.5) is 0 Å². The zero-order valence-corrected chi connectivity index (χ0v) is 8.92. The Kier molecular flexibility index (Phi) is 5.00. The third-order valence-corrected chi connectivity index (χ3v) is 2.62. The van der Waals surface area contributed by atoms with Gasteiger partial charge >= 0.3 is 5.97 Å². The van der Waals surface area contributed by atoms with Crippen LogP contribution in [0.1, 0.15) is 6.92 Å². The zero-order chi connectivity index (χ0) is 10.4. The highest BCUT2D eigenvalue weighted by Gasteiger charge is 2.32. The maximum atomic E-state index is 11.3. The van der Waals surface area contributed by atoms with Crippen LogP contribution in [0.3, 0.4) is 0 Å². The highest BCUT2D eigenvalue weighted by atomic mass is 32.2. The van der Waals surface area contributed by atoms with Crippen molar-refractivity contribution in [3.63, 3.8) is 0 Å². The second-order valence-corrected chi connectivity index (χ2v) is 3.70. The fraction of sp³-hybridized carbons (Fsp3) is 0.667. The lowest BCUT2D eigenvalue weighted by Gasteiger charge is -2.10. The second-order valence-electron chi connectivity index (χ2n) is 2.60. The highest BCUT2D eigenvalue weighted by Crippen LogP contribution is 2.26. The summed E-state index contributed by atoms with van der Waals surface area (Å²) < 4.78 is 15.4. The molecule has 0 aromatic rings. The first-order chi connectivity index (χ1) is 6.77. The van der Waals surface area contributed by atoms with Gasteiger partial charge in [-0.2, -0.15) is 0 Å². The summed E-state index contributed by atoms with van der Waals surface area (Å²) in [5, 5.41) is 0. The summed E-state index contributed by atoms with van der Waals surface area (Å²) in [6.07, 6.45) is 1.24. The van der Waals surface area contributed by atoms with Crippen molar-refractivity contribution in [2.75, 3.05) is 19.0 Å². The minimum absolute atomic E-state index is 0.221. The van der Waals surface area contributed by atoms with E-state index in [-0.39, 0.29) is 18.9 Å². The molecule has 1 rings (SSSR count). The lowest BCUT2D eigenvalue weighted by atomic mass is 10.6. The molecule has 0 aromatic heterocycles. The van der Waals surface area contributed by atoms with Crippen molar-refractivity contribution in [3.8, 4) is 0 Å². The second kappa shape index (κ2) is 6.06. The Bertz CT molecular complexity index is 207. The van der Waals surface area contributed by atoms with Gasteiger partial charge in [-0.3, -0.25) is 0 Å². The first-order valence-corrected chi connectivity index (χ1v) is 5.49. The molecule has 4 nitrogen and oxygen atoms in total. The molecule has 0 unspecified atom stereocenters. The average molecular weight is 218 g/mol. The maximum absolute atomic E-state index is 11.3. The minimum atomic E-state index is -0.550. The Morgan fingerprint density at radius 1 is 1.79 bits per heavy atom. The van der Waals surface area contributed by atoms with Gasteiger partial charge in [-0.15, -0.1) is 11.8 Å². The summed E-state index contributed by atoms with van der Waals surface area (Å²) >= 11 is 1.39. The average Bonchev–Trinajstić information content (AvgIpc) is 2.63. The van der Waals surface area contributed by atoms with Gasteiger partial charge < -0.3 is 14.2 Å². The van der Waals surface area contributed by atoms with Crippen molar-refractivity contribution >= 4 is 17.7 Å². The van der Waals surface area contributed by atoms with Gasteiger partial charge in [0.15, 0.2) is 6.29 Å². The van der Waals surface area contributed by atoms with Gasteiger partial charge in [-0.1, -0.05) is 12.7 Å². The maximum Gasteiger partial charge on any atom is 0.346 e. The molecule has 1 saturated heterocycles. The quantitative estimate of drug-likeness (QED) is 0.512. The standard InChI is InChI=1S/C9H14O4S/c1-3-5-12-8(10)9-13-7(6-14-9)11-4-2/h3,7,9H,1,4-6H2,2H3/t7-,9-/m0/s1. The molecular formula is C9H14O4S. The molecule has 5 heteroatoms. The van der Waals surface area contributed by atoms with Crippen molar-refractivity contribution in [3.05, 3.63) is 12.7 Å². The van der Waals surface area contributed by atoms with E-state index in [0.717, 1.165) is 0 Å². The monoisotopic (exact) mass is 218 g/mol. The molecule has 0 spiro atoms. The number of esters is 1. The summed E-state index contributed by atoms with van der Waals surface area (Å²) in [6, 6.07) is 0. The molecule has 0 bridgehead atoms. The van der Waals surface area contributed by atoms with Crippen LogP contribution in [0.15, 0.2) is 12.7 Å². The zero-order valence-electron chi connectivity index (χ0n) is 8.10. The summed E-state index contributed by atoms with van der Waals surface area (Å²) in [4.78, 5) is 11.3. The van der Waals surface area contributed by atoms with Gasteiger partial charge in [-0.25, -0.2) is 4.79 Å².